The molecule has 1 atom stereocenters. The number of methoxy groups -OCH3 is 1. The molecule has 5 nitrogen and oxygen atoms in total. The Kier molecular flexibility index (Phi) is 6.10. The maximum Gasteiger partial charge on any atom is 0.251 e. The minimum absolute atomic E-state index is 0.126. The number of carbonyl (C=O) groups is 1. The Morgan fingerprint density at radius 2 is 2.33 bits per heavy atom. The third-order valence-corrected chi connectivity index (χ3v) is 3.39. The van der Waals surface area contributed by atoms with Crippen molar-refractivity contribution in [3.8, 4) is 0 Å². The van der Waals surface area contributed by atoms with Crippen molar-refractivity contribution < 1.29 is 18.7 Å². The summed E-state index contributed by atoms with van der Waals surface area (Å²) in [5, 5.41) is 6.12. The molecule has 1 aliphatic heterocycles. The van der Waals surface area contributed by atoms with E-state index in [-0.39, 0.29) is 24.4 Å². The van der Waals surface area contributed by atoms with Crippen molar-refractivity contribution in [2.75, 3.05) is 33.4 Å². The first-order valence-electron chi connectivity index (χ1n) is 7.07. The highest BCUT2D eigenvalue weighted by Crippen LogP contribution is 2.12. The number of hydrogen-bond donors (Lipinski definition) is 2. The number of rotatable bonds is 7. The van der Waals surface area contributed by atoms with Gasteiger partial charge in [0.1, 0.15) is 5.82 Å². The fourth-order valence-electron chi connectivity index (χ4n) is 2.20. The van der Waals surface area contributed by atoms with Gasteiger partial charge in [0.25, 0.3) is 5.91 Å². The molecule has 0 aliphatic carbocycles. The van der Waals surface area contributed by atoms with E-state index in [1.54, 1.807) is 13.2 Å². The number of ether oxygens (including phenoxy) is 2. The summed E-state index contributed by atoms with van der Waals surface area (Å²) in [5.74, 6) is -0.548. The van der Waals surface area contributed by atoms with Crippen LogP contribution in [-0.4, -0.2) is 45.4 Å². The van der Waals surface area contributed by atoms with Crippen LogP contribution in [-0.2, 0) is 16.1 Å². The minimum Gasteiger partial charge on any atom is -0.382 e. The molecule has 1 fully saturated rings. The van der Waals surface area contributed by atoms with E-state index in [2.05, 4.69) is 10.6 Å². The van der Waals surface area contributed by atoms with Gasteiger partial charge in [-0.2, -0.15) is 0 Å². The zero-order valence-corrected chi connectivity index (χ0v) is 12.2. The average molecular weight is 296 g/mol. The van der Waals surface area contributed by atoms with Gasteiger partial charge in [-0.05, 0) is 31.2 Å². The Bertz CT molecular complexity index is 476. The molecule has 1 amide bonds. The van der Waals surface area contributed by atoms with Crippen LogP contribution in [0.15, 0.2) is 18.2 Å². The highest BCUT2D eigenvalue weighted by molar-refractivity contribution is 5.94. The standard InChI is InChI=1S/C15H21FN2O3/c1-20-6-7-21-10-12-8-11(2-3-14(12)16)15(19)18-13-4-5-17-9-13/h2-3,8,13,17H,4-7,9-10H2,1H3,(H,18,19). The van der Waals surface area contributed by atoms with Crippen LogP contribution in [0, 0.1) is 5.82 Å². The van der Waals surface area contributed by atoms with Gasteiger partial charge < -0.3 is 20.1 Å². The van der Waals surface area contributed by atoms with E-state index in [0.29, 0.717) is 24.3 Å². The highest BCUT2D eigenvalue weighted by atomic mass is 19.1. The van der Waals surface area contributed by atoms with Crippen LogP contribution in [0.4, 0.5) is 4.39 Å². The molecular formula is C15H21FN2O3. The maximum atomic E-state index is 13.7. The summed E-state index contributed by atoms with van der Waals surface area (Å²) in [4.78, 5) is 12.1. The van der Waals surface area contributed by atoms with Crippen molar-refractivity contribution in [3.63, 3.8) is 0 Å². The SMILES string of the molecule is COCCOCc1cc(C(=O)NC2CCNC2)ccc1F. The van der Waals surface area contributed by atoms with Crippen molar-refractivity contribution in [2.45, 2.75) is 19.1 Å². The topological polar surface area (TPSA) is 59.6 Å². The molecule has 0 aromatic heterocycles. The number of benzene rings is 1. The van der Waals surface area contributed by atoms with Gasteiger partial charge in [-0.1, -0.05) is 0 Å². The highest BCUT2D eigenvalue weighted by Gasteiger charge is 2.18. The lowest BCUT2D eigenvalue weighted by atomic mass is 10.1. The number of halogens is 1. The molecule has 6 heteroatoms. The van der Waals surface area contributed by atoms with E-state index in [1.165, 1.54) is 12.1 Å². The zero-order valence-electron chi connectivity index (χ0n) is 12.2. The van der Waals surface area contributed by atoms with Gasteiger partial charge in [0.2, 0.25) is 0 Å². The molecule has 1 unspecified atom stereocenters. The fourth-order valence-corrected chi connectivity index (χ4v) is 2.20. The summed E-state index contributed by atoms with van der Waals surface area (Å²) < 4.78 is 23.9. The first kappa shape index (κ1) is 15.9. The molecule has 116 valence electrons. The summed E-state index contributed by atoms with van der Waals surface area (Å²) in [5.41, 5.74) is 0.831. The van der Waals surface area contributed by atoms with Gasteiger partial charge in [0, 0.05) is 30.8 Å². The smallest absolute Gasteiger partial charge is 0.251 e. The molecule has 1 aromatic carbocycles. The predicted octanol–water partition coefficient (Wildman–Crippen LogP) is 1.08. The molecule has 0 radical (unpaired) electrons. The Balaban J connectivity index is 1.94. The molecule has 1 heterocycles. The second-order valence-electron chi connectivity index (χ2n) is 5.01. The number of amides is 1. The molecule has 2 rings (SSSR count). The van der Waals surface area contributed by atoms with Crippen molar-refractivity contribution in [1.29, 1.82) is 0 Å². The van der Waals surface area contributed by atoms with E-state index in [9.17, 15) is 9.18 Å². The number of hydrogen-bond acceptors (Lipinski definition) is 4. The summed E-state index contributed by atoms with van der Waals surface area (Å²) in [6, 6.07) is 4.48. The second-order valence-corrected chi connectivity index (χ2v) is 5.01. The van der Waals surface area contributed by atoms with Crippen LogP contribution in [0.25, 0.3) is 0 Å². The Morgan fingerprint density at radius 1 is 1.48 bits per heavy atom. The van der Waals surface area contributed by atoms with Gasteiger partial charge >= 0.3 is 0 Å². The first-order valence-corrected chi connectivity index (χ1v) is 7.07. The normalized spacial score (nSPS) is 17.9. The summed E-state index contributed by atoms with van der Waals surface area (Å²) in [6.07, 6.45) is 0.917. The Hall–Kier alpha value is -1.50. The third kappa shape index (κ3) is 4.77. The van der Waals surface area contributed by atoms with Crippen LogP contribution in [0.5, 0.6) is 0 Å². The lowest BCUT2D eigenvalue weighted by molar-refractivity contribution is 0.0604. The van der Waals surface area contributed by atoms with Crippen molar-refractivity contribution in [2.24, 2.45) is 0 Å². The molecule has 1 aliphatic rings. The lowest BCUT2D eigenvalue weighted by Crippen LogP contribution is -2.36. The Morgan fingerprint density at radius 3 is 3.05 bits per heavy atom. The summed E-state index contributed by atoms with van der Waals surface area (Å²) in [6.45, 7) is 2.66. The lowest BCUT2D eigenvalue weighted by Gasteiger charge is -2.12. The quantitative estimate of drug-likeness (QED) is 0.739. The van der Waals surface area contributed by atoms with Crippen LogP contribution in [0.3, 0.4) is 0 Å². The summed E-state index contributed by atoms with van der Waals surface area (Å²) >= 11 is 0. The van der Waals surface area contributed by atoms with Gasteiger partial charge in [-0.25, -0.2) is 4.39 Å². The van der Waals surface area contributed by atoms with Crippen LogP contribution in [0.2, 0.25) is 0 Å². The van der Waals surface area contributed by atoms with E-state index in [4.69, 9.17) is 9.47 Å². The fraction of sp³-hybridized carbons (Fsp3) is 0.533. The largest absolute Gasteiger partial charge is 0.382 e. The molecular weight excluding hydrogens is 275 g/mol. The van der Waals surface area contributed by atoms with Gasteiger partial charge in [0.05, 0.1) is 19.8 Å². The molecule has 0 spiro atoms. The van der Waals surface area contributed by atoms with Crippen LogP contribution >= 0.6 is 0 Å². The van der Waals surface area contributed by atoms with Gasteiger partial charge in [0.15, 0.2) is 0 Å². The molecule has 2 N–H and O–H groups in total. The monoisotopic (exact) mass is 296 g/mol. The van der Waals surface area contributed by atoms with E-state index < -0.39 is 0 Å². The van der Waals surface area contributed by atoms with E-state index >= 15 is 0 Å². The molecule has 21 heavy (non-hydrogen) atoms. The average Bonchev–Trinajstić information content (AvgIpc) is 2.98. The van der Waals surface area contributed by atoms with Crippen LogP contribution < -0.4 is 10.6 Å². The van der Waals surface area contributed by atoms with Crippen molar-refractivity contribution in [1.82, 2.24) is 10.6 Å². The maximum absolute atomic E-state index is 13.7. The van der Waals surface area contributed by atoms with E-state index in [0.717, 1.165) is 19.5 Å². The van der Waals surface area contributed by atoms with E-state index in [1.807, 2.05) is 0 Å². The summed E-state index contributed by atoms with van der Waals surface area (Å²) in [7, 11) is 1.58. The zero-order chi connectivity index (χ0) is 15.1. The van der Waals surface area contributed by atoms with Crippen molar-refractivity contribution >= 4 is 5.91 Å². The molecule has 1 saturated heterocycles. The molecule has 0 bridgehead atoms. The number of carbonyl (C=O) groups excluding carboxylic acids is 1. The first-order chi connectivity index (χ1) is 10.2. The van der Waals surface area contributed by atoms with Gasteiger partial charge in [-0.15, -0.1) is 0 Å². The Labute approximate surface area is 123 Å². The number of nitrogens with one attached hydrogen (secondary N) is 2. The minimum atomic E-state index is -0.369. The van der Waals surface area contributed by atoms with Crippen molar-refractivity contribution in [3.05, 3.63) is 35.1 Å². The second kappa shape index (κ2) is 8.07. The van der Waals surface area contributed by atoms with Gasteiger partial charge in [-0.3, -0.25) is 4.79 Å². The molecule has 0 saturated carbocycles. The third-order valence-electron chi connectivity index (χ3n) is 3.39. The van der Waals surface area contributed by atoms with Crippen LogP contribution in [0.1, 0.15) is 22.3 Å². The predicted molar refractivity (Wildman–Crippen MR) is 76.7 cm³/mol. The molecule has 1 aromatic rings.